The van der Waals surface area contributed by atoms with Crippen LogP contribution in [-0.2, 0) is 0 Å². The zero-order chi connectivity index (χ0) is 15.1. The van der Waals surface area contributed by atoms with Gasteiger partial charge in [-0.25, -0.2) is 9.97 Å². The maximum atomic E-state index is 6.22. The molecule has 108 valence electrons. The number of nitrogens with zero attached hydrogens (tertiary/aromatic N) is 2. The third-order valence-corrected chi connectivity index (χ3v) is 4.02. The smallest absolute Gasteiger partial charge is 0.154 e. The van der Waals surface area contributed by atoms with Crippen molar-refractivity contribution in [2.45, 2.75) is 26.7 Å². The molecule has 0 saturated heterocycles. The fourth-order valence-electron chi connectivity index (χ4n) is 2.15. The number of benzene rings is 1. The van der Waals surface area contributed by atoms with Crippen LogP contribution in [0.1, 0.15) is 31.2 Å². The predicted molar refractivity (Wildman–Crippen MR) is 86.1 cm³/mol. The van der Waals surface area contributed by atoms with E-state index in [-0.39, 0.29) is 5.92 Å². The van der Waals surface area contributed by atoms with Crippen LogP contribution in [0.3, 0.4) is 0 Å². The Labute approximate surface area is 132 Å². The fraction of sp³-hybridized carbons (Fsp3) is 0.250. The Morgan fingerprint density at radius 3 is 2.57 bits per heavy atom. The first-order chi connectivity index (χ1) is 9.97. The molecule has 0 aliphatic rings. The van der Waals surface area contributed by atoms with Crippen LogP contribution in [0.4, 0.5) is 0 Å². The lowest BCUT2D eigenvalue weighted by Gasteiger charge is -2.09. The zero-order valence-corrected chi connectivity index (χ0v) is 13.5. The third-order valence-electron chi connectivity index (χ3n) is 3.35. The van der Waals surface area contributed by atoms with E-state index in [0.29, 0.717) is 33.0 Å². The predicted octanol–water partition coefficient (Wildman–Crippen LogP) is 5.63. The Morgan fingerprint density at radius 2 is 1.90 bits per heavy atom. The van der Waals surface area contributed by atoms with Crippen LogP contribution in [0.25, 0.3) is 22.4 Å². The molecule has 3 rings (SSSR count). The van der Waals surface area contributed by atoms with Gasteiger partial charge in [-0.2, -0.15) is 0 Å². The van der Waals surface area contributed by atoms with Crippen molar-refractivity contribution in [1.82, 2.24) is 9.97 Å². The average Bonchev–Trinajstić information content (AvgIpc) is 2.86. The molecule has 0 spiro atoms. The van der Waals surface area contributed by atoms with Crippen molar-refractivity contribution in [2.75, 3.05) is 0 Å². The molecule has 0 aliphatic heterocycles. The Morgan fingerprint density at radius 1 is 1.14 bits per heavy atom. The van der Waals surface area contributed by atoms with Gasteiger partial charge >= 0.3 is 0 Å². The van der Waals surface area contributed by atoms with Gasteiger partial charge in [0.15, 0.2) is 11.3 Å². The highest BCUT2D eigenvalue weighted by Crippen LogP contribution is 2.34. The van der Waals surface area contributed by atoms with E-state index >= 15 is 0 Å². The molecule has 0 radical (unpaired) electrons. The van der Waals surface area contributed by atoms with Crippen molar-refractivity contribution >= 4 is 34.2 Å². The van der Waals surface area contributed by atoms with Crippen molar-refractivity contribution in [3.8, 4) is 11.5 Å². The Hall–Kier alpha value is -1.58. The van der Waals surface area contributed by atoms with Crippen LogP contribution in [0.5, 0.6) is 0 Å². The monoisotopic (exact) mass is 320 g/mol. The minimum absolute atomic E-state index is 0.190. The molecule has 21 heavy (non-hydrogen) atoms. The standard InChI is InChI=1S/C16H14Cl2N2O/c1-8(2)16-19-13(9(3)15(18)20-16)12-7-10-5-4-6-11(17)14(10)21-12/h4-8H,1-3H3. The zero-order valence-electron chi connectivity index (χ0n) is 11.9. The van der Waals surface area contributed by atoms with E-state index in [1.165, 1.54) is 0 Å². The number of rotatable bonds is 2. The summed E-state index contributed by atoms with van der Waals surface area (Å²) in [4.78, 5) is 8.91. The van der Waals surface area contributed by atoms with E-state index in [9.17, 15) is 0 Å². The molecule has 0 bridgehead atoms. The maximum absolute atomic E-state index is 6.22. The summed E-state index contributed by atoms with van der Waals surface area (Å²) >= 11 is 12.4. The molecule has 2 heterocycles. The van der Waals surface area contributed by atoms with Crippen LogP contribution in [0.2, 0.25) is 10.2 Å². The lowest BCUT2D eigenvalue weighted by molar-refractivity contribution is 0.625. The molecule has 1 aromatic carbocycles. The topological polar surface area (TPSA) is 38.9 Å². The Bertz CT molecular complexity index is 825. The first kappa shape index (κ1) is 14.4. The van der Waals surface area contributed by atoms with Gasteiger partial charge in [0.25, 0.3) is 0 Å². The molecule has 5 heteroatoms. The van der Waals surface area contributed by atoms with E-state index in [2.05, 4.69) is 9.97 Å². The first-order valence-corrected chi connectivity index (χ1v) is 7.45. The van der Waals surface area contributed by atoms with E-state index in [1.54, 1.807) is 6.07 Å². The molecule has 0 N–H and O–H groups in total. The maximum Gasteiger partial charge on any atom is 0.154 e. The second-order valence-electron chi connectivity index (χ2n) is 5.27. The first-order valence-electron chi connectivity index (χ1n) is 6.70. The summed E-state index contributed by atoms with van der Waals surface area (Å²) in [5, 5.41) is 1.98. The normalized spacial score (nSPS) is 11.5. The highest BCUT2D eigenvalue weighted by molar-refractivity contribution is 6.34. The lowest BCUT2D eigenvalue weighted by Crippen LogP contribution is -2.01. The molecule has 0 fully saturated rings. The van der Waals surface area contributed by atoms with Crippen molar-refractivity contribution in [2.24, 2.45) is 0 Å². The molecule has 2 aromatic heterocycles. The summed E-state index contributed by atoms with van der Waals surface area (Å²) in [5.74, 6) is 1.55. The van der Waals surface area contributed by atoms with Crippen molar-refractivity contribution in [1.29, 1.82) is 0 Å². The summed E-state index contributed by atoms with van der Waals surface area (Å²) in [6.07, 6.45) is 0. The van der Waals surface area contributed by atoms with Gasteiger partial charge in [0.2, 0.25) is 0 Å². The number of para-hydroxylation sites is 1. The second kappa shape index (κ2) is 5.32. The molecule has 0 amide bonds. The lowest BCUT2D eigenvalue weighted by atomic mass is 10.1. The molecule has 0 unspecified atom stereocenters. The molecular formula is C16H14Cl2N2O. The molecule has 3 nitrogen and oxygen atoms in total. The van der Waals surface area contributed by atoms with Crippen LogP contribution in [-0.4, -0.2) is 9.97 Å². The molecule has 0 aliphatic carbocycles. The van der Waals surface area contributed by atoms with Crippen molar-refractivity contribution in [3.05, 3.63) is 45.8 Å². The van der Waals surface area contributed by atoms with E-state index in [1.807, 2.05) is 39.0 Å². The van der Waals surface area contributed by atoms with Crippen LogP contribution in [0, 0.1) is 6.92 Å². The second-order valence-corrected chi connectivity index (χ2v) is 6.03. The summed E-state index contributed by atoms with van der Waals surface area (Å²) < 4.78 is 5.87. The van der Waals surface area contributed by atoms with Gasteiger partial charge < -0.3 is 4.42 Å². The third kappa shape index (κ3) is 2.52. The molecule has 0 saturated carbocycles. The van der Waals surface area contributed by atoms with Crippen LogP contribution >= 0.6 is 23.2 Å². The number of hydrogen-bond donors (Lipinski definition) is 0. The van der Waals surface area contributed by atoms with Gasteiger partial charge in [0, 0.05) is 16.9 Å². The quantitative estimate of drug-likeness (QED) is 0.574. The van der Waals surface area contributed by atoms with Gasteiger partial charge in [-0.15, -0.1) is 0 Å². The van der Waals surface area contributed by atoms with Gasteiger partial charge in [0.05, 0.1) is 5.02 Å². The highest BCUT2D eigenvalue weighted by atomic mass is 35.5. The average molecular weight is 321 g/mol. The van der Waals surface area contributed by atoms with Crippen molar-refractivity contribution < 1.29 is 4.42 Å². The number of aromatic nitrogens is 2. The van der Waals surface area contributed by atoms with Gasteiger partial charge in [0.1, 0.15) is 16.7 Å². The Kier molecular flexibility index (Phi) is 3.64. The number of halogens is 2. The van der Waals surface area contributed by atoms with Crippen LogP contribution in [0.15, 0.2) is 28.7 Å². The minimum atomic E-state index is 0.190. The van der Waals surface area contributed by atoms with Gasteiger partial charge in [-0.1, -0.05) is 49.2 Å². The van der Waals surface area contributed by atoms with Crippen molar-refractivity contribution in [3.63, 3.8) is 0 Å². The Balaban J connectivity index is 2.24. The SMILES string of the molecule is Cc1c(Cl)nc(C(C)C)nc1-c1cc2cccc(Cl)c2o1. The van der Waals surface area contributed by atoms with Gasteiger partial charge in [-0.3, -0.25) is 0 Å². The summed E-state index contributed by atoms with van der Waals surface area (Å²) in [5.41, 5.74) is 2.18. The molecule has 3 aromatic rings. The van der Waals surface area contributed by atoms with E-state index < -0.39 is 0 Å². The fourth-order valence-corrected chi connectivity index (χ4v) is 2.54. The van der Waals surface area contributed by atoms with Crippen LogP contribution < -0.4 is 0 Å². The summed E-state index contributed by atoms with van der Waals surface area (Å²) in [6.45, 7) is 5.94. The van der Waals surface area contributed by atoms with Gasteiger partial charge in [-0.05, 0) is 19.1 Å². The number of furan rings is 1. The highest BCUT2D eigenvalue weighted by Gasteiger charge is 2.17. The van der Waals surface area contributed by atoms with E-state index in [0.717, 1.165) is 10.9 Å². The summed E-state index contributed by atoms with van der Waals surface area (Å²) in [7, 11) is 0. The van der Waals surface area contributed by atoms with E-state index in [4.69, 9.17) is 27.6 Å². The summed E-state index contributed by atoms with van der Waals surface area (Å²) in [6, 6.07) is 7.58. The number of fused-ring (bicyclic) bond motifs is 1. The largest absolute Gasteiger partial charge is 0.453 e. The molecule has 0 atom stereocenters. The minimum Gasteiger partial charge on any atom is -0.453 e. The molecular weight excluding hydrogens is 307 g/mol. The number of hydrogen-bond acceptors (Lipinski definition) is 3.